The van der Waals surface area contributed by atoms with Gasteiger partial charge < -0.3 is 5.32 Å². The maximum absolute atomic E-state index is 11.7. The molecule has 0 rings (SSSR count). The van der Waals surface area contributed by atoms with E-state index < -0.39 is 0 Å². The smallest absolute Gasteiger partial charge is 0.243 e. The van der Waals surface area contributed by atoms with Crippen molar-refractivity contribution in [2.24, 2.45) is 0 Å². The highest BCUT2D eigenvalue weighted by Gasteiger charge is 2.12. The van der Waals surface area contributed by atoms with Crippen LogP contribution in [0.4, 0.5) is 0 Å². The average Bonchev–Trinajstić information content (AvgIpc) is 2.41. The van der Waals surface area contributed by atoms with Gasteiger partial charge in [0.05, 0.1) is 0 Å². The van der Waals surface area contributed by atoms with Crippen LogP contribution in [0.1, 0.15) is 73.1 Å². The first kappa shape index (κ1) is 20.2. The first-order valence-corrected chi connectivity index (χ1v) is 8.69. The van der Waals surface area contributed by atoms with Gasteiger partial charge in [-0.05, 0) is 46.6 Å². The van der Waals surface area contributed by atoms with Crippen LogP contribution in [0.25, 0.3) is 0 Å². The topological polar surface area (TPSA) is 32.3 Å². The highest BCUT2D eigenvalue weighted by Crippen LogP contribution is 2.05. The van der Waals surface area contributed by atoms with Gasteiger partial charge in [0.15, 0.2) is 0 Å². The Bertz CT molecular complexity index is 277. The van der Waals surface area contributed by atoms with Crippen LogP contribution in [-0.4, -0.2) is 36.0 Å². The van der Waals surface area contributed by atoms with E-state index in [2.05, 4.69) is 44.8 Å². The fraction of sp³-hybridized carbons (Fsp3) is 0.833. The lowest BCUT2D eigenvalue weighted by Crippen LogP contribution is -2.42. The number of unbranched alkanes of at least 4 members (excludes halogenated alkanes) is 5. The Morgan fingerprint density at radius 2 is 1.67 bits per heavy atom. The van der Waals surface area contributed by atoms with E-state index in [0.29, 0.717) is 12.1 Å². The number of allylic oxidation sites excluding steroid dienone is 1. The molecule has 124 valence electrons. The Balaban J connectivity index is 3.70. The van der Waals surface area contributed by atoms with E-state index >= 15 is 0 Å². The molecule has 0 atom stereocenters. The fourth-order valence-electron chi connectivity index (χ4n) is 2.54. The van der Waals surface area contributed by atoms with Crippen molar-refractivity contribution in [1.82, 2.24) is 10.2 Å². The van der Waals surface area contributed by atoms with E-state index in [0.717, 1.165) is 19.5 Å². The third kappa shape index (κ3) is 11.5. The molecule has 0 aromatic carbocycles. The number of hydrogen-bond donors (Lipinski definition) is 1. The minimum Gasteiger partial charge on any atom is -0.351 e. The van der Waals surface area contributed by atoms with Gasteiger partial charge in [0.25, 0.3) is 0 Å². The van der Waals surface area contributed by atoms with Gasteiger partial charge >= 0.3 is 0 Å². The summed E-state index contributed by atoms with van der Waals surface area (Å²) in [5.74, 6) is 0.0380. The van der Waals surface area contributed by atoms with Crippen LogP contribution in [-0.2, 0) is 4.79 Å². The van der Waals surface area contributed by atoms with Crippen LogP contribution in [0.2, 0.25) is 0 Å². The Kier molecular flexibility index (Phi) is 12.4. The minimum atomic E-state index is 0.0380. The van der Waals surface area contributed by atoms with Crippen molar-refractivity contribution in [3.8, 4) is 0 Å². The summed E-state index contributed by atoms with van der Waals surface area (Å²) < 4.78 is 0. The second-order valence-electron chi connectivity index (χ2n) is 6.32. The molecular formula is C18H36N2O. The molecule has 0 fully saturated rings. The normalized spacial score (nSPS) is 12.0. The van der Waals surface area contributed by atoms with Crippen molar-refractivity contribution in [1.29, 1.82) is 0 Å². The van der Waals surface area contributed by atoms with Gasteiger partial charge in [0.2, 0.25) is 5.91 Å². The molecule has 1 N–H and O–H groups in total. The van der Waals surface area contributed by atoms with E-state index in [4.69, 9.17) is 0 Å². The molecule has 0 aliphatic carbocycles. The van der Waals surface area contributed by atoms with Gasteiger partial charge in [-0.3, -0.25) is 9.69 Å². The van der Waals surface area contributed by atoms with Gasteiger partial charge in [-0.1, -0.05) is 38.7 Å². The molecule has 0 aliphatic rings. The molecule has 0 aliphatic heterocycles. The van der Waals surface area contributed by atoms with Crippen LogP contribution in [0.5, 0.6) is 0 Å². The molecule has 3 heteroatoms. The van der Waals surface area contributed by atoms with Crippen LogP contribution in [0.15, 0.2) is 12.2 Å². The van der Waals surface area contributed by atoms with Crippen molar-refractivity contribution < 1.29 is 4.79 Å². The quantitative estimate of drug-likeness (QED) is 0.433. The molecule has 1 amide bonds. The summed E-state index contributed by atoms with van der Waals surface area (Å²) in [6, 6.07) is 1.03. The Morgan fingerprint density at radius 3 is 2.24 bits per heavy atom. The number of hydrogen-bond acceptors (Lipinski definition) is 2. The molecule has 0 aromatic rings. The summed E-state index contributed by atoms with van der Waals surface area (Å²) in [4.78, 5) is 14.1. The van der Waals surface area contributed by atoms with Crippen molar-refractivity contribution in [2.45, 2.75) is 85.2 Å². The molecule has 0 saturated carbocycles. The van der Waals surface area contributed by atoms with Crippen LogP contribution >= 0.6 is 0 Å². The number of carbonyl (C=O) groups is 1. The number of rotatable bonds is 12. The Morgan fingerprint density at radius 1 is 1.05 bits per heavy atom. The first-order chi connectivity index (χ1) is 9.99. The predicted octanol–water partition coefficient (Wildman–Crippen LogP) is 4.14. The molecule has 0 aromatic heterocycles. The van der Waals surface area contributed by atoms with E-state index in [1.807, 2.05) is 6.08 Å². The average molecular weight is 296 g/mol. The van der Waals surface area contributed by atoms with Gasteiger partial charge in [0, 0.05) is 25.2 Å². The molecular weight excluding hydrogens is 260 g/mol. The summed E-state index contributed by atoms with van der Waals surface area (Å²) in [6.45, 7) is 12.6. The van der Waals surface area contributed by atoms with Crippen molar-refractivity contribution in [2.75, 3.05) is 13.1 Å². The Hall–Kier alpha value is -0.830. The van der Waals surface area contributed by atoms with Gasteiger partial charge in [-0.25, -0.2) is 0 Å². The summed E-state index contributed by atoms with van der Waals surface area (Å²) in [5, 5.41) is 2.97. The number of amides is 1. The second-order valence-corrected chi connectivity index (χ2v) is 6.32. The minimum absolute atomic E-state index is 0.0380. The third-order valence-electron chi connectivity index (χ3n) is 3.74. The molecule has 0 bridgehead atoms. The zero-order chi connectivity index (χ0) is 16.1. The summed E-state index contributed by atoms with van der Waals surface area (Å²) in [5.41, 5.74) is 0. The summed E-state index contributed by atoms with van der Waals surface area (Å²) in [6.07, 6.45) is 11.1. The third-order valence-corrected chi connectivity index (χ3v) is 3.74. The van der Waals surface area contributed by atoms with E-state index in [1.54, 1.807) is 6.08 Å². The van der Waals surface area contributed by atoms with E-state index in [1.165, 1.54) is 32.1 Å². The van der Waals surface area contributed by atoms with Gasteiger partial charge in [0.1, 0.15) is 0 Å². The van der Waals surface area contributed by atoms with Crippen LogP contribution < -0.4 is 5.32 Å². The fourth-order valence-corrected chi connectivity index (χ4v) is 2.54. The van der Waals surface area contributed by atoms with E-state index in [9.17, 15) is 4.79 Å². The maximum Gasteiger partial charge on any atom is 0.243 e. The molecule has 0 heterocycles. The zero-order valence-corrected chi connectivity index (χ0v) is 14.8. The van der Waals surface area contributed by atoms with Gasteiger partial charge in [-0.15, -0.1) is 0 Å². The summed E-state index contributed by atoms with van der Waals surface area (Å²) >= 11 is 0. The summed E-state index contributed by atoms with van der Waals surface area (Å²) in [7, 11) is 0. The van der Waals surface area contributed by atoms with Crippen LogP contribution in [0, 0.1) is 0 Å². The largest absolute Gasteiger partial charge is 0.351 e. The number of carbonyl (C=O) groups excluding carboxylic acids is 1. The molecule has 0 saturated heterocycles. The number of nitrogens with zero attached hydrogens (tertiary/aromatic N) is 1. The monoisotopic (exact) mass is 296 g/mol. The molecule has 21 heavy (non-hydrogen) atoms. The zero-order valence-electron chi connectivity index (χ0n) is 14.8. The van der Waals surface area contributed by atoms with Crippen molar-refractivity contribution in [3.05, 3.63) is 12.2 Å². The predicted molar refractivity (Wildman–Crippen MR) is 92.5 cm³/mol. The van der Waals surface area contributed by atoms with Crippen molar-refractivity contribution in [3.63, 3.8) is 0 Å². The lowest BCUT2D eigenvalue weighted by atomic mass is 10.1. The lowest BCUT2D eigenvalue weighted by Gasteiger charge is -2.30. The standard InChI is InChI=1S/C18H36N2O/c1-6-7-8-9-10-11-12-13-18(21)19-14-15-20(16(2)3)17(4)5/h12-13,16-17H,6-11,14-15H2,1-5H3,(H,19,21). The van der Waals surface area contributed by atoms with Crippen molar-refractivity contribution >= 4 is 5.91 Å². The molecule has 0 radical (unpaired) electrons. The molecule has 0 spiro atoms. The molecule has 0 unspecified atom stereocenters. The van der Waals surface area contributed by atoms with Crippen LogP contribution in [0.3, 0.4) is 0 Å². The lowest BCUT2D eigenvalue weighted by molar-refractivity contribution is -0.116. The highest BCUT2D eigenvalue weighted by molar-refractivity contribution is 5.87. The molecule has 3 nitrogen and oxygen atoms in total. The Labute approximate surface area is 132 Å². The number of nitrogens with one attached hydrogen (secondary N) is 1. The van der Waals surface area contributed by atoms with E-state index in [-0.39, 0.29) is 5.91 Å². The highest BCUT2D eigenvalue weighted by atomic mass is 16.1. The maximum atomic E-state index is 11.7. The van der Waals surface area contributed by atoms with Gasteiger partial charge in [-0.2, -0.15) is 0 Å². The first-order valence-electron chi connectivity index (χ1n) is 8.69. The SMILES string of the molecule is CCCCCCCC=CC(=O)NCCN(C(C)C)C(C)C. The second kappa shape index (κ2) is 12.9.